The number of carbonyl (C=O) groups is 1. The topological polar surface area (TPSA) is 68.2 Å². The van der Waals surface area contributed by atoms with Crippen molar-refractivity contribution in [3.8, 4) is 5.75 Å². The maximum absolute atomic E-state index is 12.2. The molecule has 3 rings (SSSR count). The Bertz CT molecular complexity index is 700. The summed E-state index contributed by atoms with van der Waals surface area (Å²) in [6.07, 6.45) is 4.12. The number of hydrogen-bond acceptors (Lipinski definition) is 4. The van der Waals surface area contributed by atoms with Crippen LogP contribution in [0.2, 0.25) is 0 Å². The lowest BCUT2D eigenvalue weighted by Gasteiger charge is -2.22. The summed E-state index contributed by atoms with van der Waals surface area (Å²) < 4.78 is 7.60. The third-order valence-corrected chi connectivity index (χ3v) is 4.34. The van der Waals surface area contributed by atoms with Crippen LogP contribution in [0.3, 0.4) is 0 Å². The predicted octanol–water partition coefficient (Wildman–Crippen LogP) is 2.23. The number of piperidine rings is 1. The molecule has 0 aliphatic carbocycles. The molecule has 134 valence electrons. The number of benzene rings is 1. The molecule has 1 aromatic carbocycles. The molecule has 1 atom stereocenters. The van der Waals surface area contributed by atoms with Crippen molar-refractivity contribution < 1.29 is 9.53 Å². The number of nitrogens with zero attached hydrogens (tertiary/aromatic N) is 2. The minimum atomic E-state index is -0.161. The normalized spacial score (nSPS) is 17.3. The van der Waals surface area contributed by atoms with E-state index >= 15 is 0 Å². The Balaban J connectivity index is 1.45. The first kappa shape index (κ1) is 17.5. The molecule has 1 aromatic heterocycles. The van der Waals surface area contributed by atoms with Gasteiger partial charge in [0.25, 0.3) is 5.91 Å². The number of nitrogens with one attached hydrogen (secondary N) is 2. The summed E-state index contributed by atoms with van der Waals surface area (Å²) in [5.41, 5.74) is 2.79. The highest BCUT2D eigenvalue weighted by Gasteiger charge is 2.17. The first-order valence-corrected chi connectivity index (χ1v) is 8.87. The summed E-state index contributed by atoms with van der Waals surface area (Å²) in [6, 6.07) is 8.20. The zero-order valence-corrected chi connectivity index (χ0v) is 14.9. The molecule has 1 aliphatic rings. The van der Waals surface area contributed by atoms with E-state index in [0.717, 1.165) is 31.7 Å². The first-order chi connectivity index (χ1) is 12.1. The van der Waals surface area contributed by atoms with Gasteiger partial charge >= 0.3 is 0 Å². The van der Waals surface area contributed by atoms with Crippen molar-refractivity contribution in [2.45, 2.75) is 32.7 Å². The van der Waals surface area contributed by atoms with Crippen LogP contribution in [0.15, 0.2) is 30.5 Å². The van der Waals surface area contributed by atoms with Crippen LogP contribution >= 0.6 is 0 Å². The van der Waals surface area contributed by atoms with Crippen molar-refractivity contribution in [2.24, 2.45) is 0 Å². The van der Waals surface area contributed by atoms with Crippen LogP contribution < -0.4 is 15.4 Å². The lowest BCUT2D eigenvalue weighted by molar-refractivity contribution is 0.0940. The highest BCUT2D eigenvalue weighted by atomic mass is 16.5. The number of hydrogen-bond donors (Lipinski definition) is 2. The van der Waals surface area contributed by atoms with E-state index in [-0.39, 0.29) is 5.91 Å². The minimum Gasteiger partial charge on any atom is -0.492 e. The summed E-state index contributed by atoms with van der Waals surface area (Å²) in [5.74, 6) is 0.673. The average Bonchev–Trinajstić information content (AvgIpc) is 3.09. The number of rotatable bonds is 6. The highest BCUT2D eigenvalue weighted by Crippen LogP contribution is 2.16. The van der Waals surface area contributed by atoms with Gasteiger partial charge in [-0.05, 0) is 62.6 Å². The van der Waals surface area contributed by atoms with Crippen LogP contribution in [0, 0.1) is 13.8 Å². The van der Waals surface area contributed by atoms with Crippen LogP contribution in [0.4, 0.5) is 0 Å². The van der Waals surface area contributed by atoms with E-state index in [4.69, 9.17) is 4.74 Å². The standard InChI is InChI=1S/C19H26N4O2/c1-14-10-15(2)12-17(11-14)25-9-7-21-19(24)18-5-8-23(22-18)16-4-3-6-20-13-16/h5,8,10-12,16,20H,3-4,6-7,9,13H2,1-2H3,(H,21,24). The van der Waals surface area contributed by atoms with Gasteiger partial charge in [-0.3, -0.25) is 9.48 Å². The summed E-state index contributed by atoms with van der Waals surface area (Å²) in [7, 11) is 0. The van der Waals surface area contributed by atoms with Gasteiger partial charge in [0.05, 0.1) is 12.6 Å². The number of carbonyl (C=O) groups excluding carboxylic acids is 1. The Morgan fingerprint density at radius 1 is 1.36 bits per heavy atom. The van der Waals surface area contributed by atoms with Crippen LogP contribution in [0.1, 0.15) is 40.5 Å². The second kappa shape index (κ2) is 8.16. The molecule has 6 nitrogen and oxygen atoms in total. The zero-order chi connectivity index (χ0) is 17.6. The second-order valence-corrected chi connectivity index (χ2v) is 6.61. The smallest absolute Gasteiger partial charge is 0.271 e. The predicted molar refractivity (Wildman–Crippen MR) is 97.1 cm³/mol. The second-order valence-electron chi connectivity index (χ2n) is 6.61. The molecule has 25 heavy (non-hydrogen) atoms. The molecule has 1 unspecified atom stereocenters. The van der Waals surface area contributed by atoms with E-state index in [0.29, 0.717) is 24.9 Å². The number of aryl methyl sites for hydroxylation is 2. The third kappa shape index (κ3) is 4.82. The molecule has 2 N–H and O–H groups in total. The molecule has 0 bridgehead atoms. The molecular formula is C19H26N4O2. The van der Waals surface area contributed by atoms with Crippen molar-refractivity contribution in [1.29, 1.82) is 0 Å². The lowest BCUT2D eigenvalue weighted by atomic mass is 10.1. The molecule has 1 aliphatic heterocycles. The van der Waals surface area contributed by atoms with E-state index in [9.17, 15) is 4.79 Å². The van der Waals surface area contributed by atoms with Gasteiger partial charge in [-0.25, -0.2) is 0 Å². The molecule has 1 saturated heterocycles. The van der Waals surface area contributed by atoms with Gasteiger partial charge in [-0.1, -0.05) is 6.07 Å². The molecule has 6 heteroatoms. The van der Waals surface area contributed by atoms with Gasteiger partial charge in [-0.2, -0.15) is 5.10 Å². The largest absolute Gasteiger partial charge is 0.492 e. The highest BCUT2D eigenvalue weighted by molar-refractivity contribution is 5.92. The van der Waals surface area contributed by atoms with Crippen molar-refractivity contribution in [3.63, 3.8) is 0 Å². The molecule has 2 aromatic rings. The van der Waals surface area contributed by atoms with Gasteiger partial charge in [0.2, 0.25) is 0 Å². The Kier molecular flexibility index (Phi) is 5.71. The van der Waals surface area contributed by atoms with E-state index in [1.54, 1.807) is 6.07 Å². The monoisotopic (exact) mass is 342 g/mol. The third-order valence-electron chi connectivity index (χ3n) is 4.34. The van der Waals surface area contributed by atoms with Gasteiger partial charge < -0.3 is 15.4 Å². The number of aromatic nitrogens is 2. The zero-order valence-electron chi connectivity index (χ0n) is 14.9. The molecule has 0 saturated carbocycles. The quantitative estimate of drug-likeness (QED) is 0.790. The SMILES string of the molecule is Cc1cc(C)cc(OCCNC(=O)c2ccn(C3CCCNC3)n2)c1. The van der Waals surface area contributed by atoms with E-state index < -0.39 is 0 Å². The van der Waals surface area contributed by atoms with Gasteiger partial charge in [0, 0.05) is 12.7 Å². The van der Waals surface area contributed by atoms with Crippen molar-refractivity contribution in [3.05, 3.63) is 47.3 Å². The average molecular weight is 342 g/mol. The molecule has 2 heterocycles. The Hall–Kier alpha value is -2.34. The van der Waals surface area contributed by atoms with Crippen LogP contribution in [-0.2, 0) is 0 Å². The van der Waals surface area contributed by atoms with Crippen LogP contribution in [0.5, 0.6) is 5.75 Å². The van der Waals surface area contributed by atoms with E-state index in [1.165, 1.54) is 11.1 Å². The molecular weight excluding hydrogens is 316 g/mol. The Morgan fingerprint density at radius 2 is 2.16 bits per heavy atom. The van der Waals surface area contributed by atoms with Crippen molar-refractivity contribution >= 4 is 5.91 Å². The van der Waals surface area contributed by atoms with Gasteiger partial charge in [0.15, 0.2) is 0 Å². The van der Waals surface area contributed by atoms with Crippen molar-refractivity contribution in [2.75, 3.05) is 26.2 Å². The summed E-state index contributed by atoms with van der Waals surface area (Å²) in [4.78, 5) is 12.2. The summed E-state index contributed by atoms with van der Waals surface area (Å²) >= 11 is 0. The maximum Gasteiger partial charge on any atom is 0.271 e. The van der Waals surface area contributed by atoms with Gasteiger partial charge in [-0.15, -0.1) is 0 Å². The fourth-order valence-corrected chi connectivity index (χ4v) is 3.16. The molecule has 1 amide bonds. The molecule has 0 radical (unpaired) electrons. The summed E-state index contributed by atoms with van der Waals surface area (Å²) in [5, 5.41) is 10.6. The van der Waals surface area contributed by atoms with E-state index in [1.807, 2.05) is 36.9 Å². The number of ether oxygens (including phenoxy) is 1. The Morgan fingerprint density at radius 3 is 2.88 bits per heavy atom. The maximum atomic E-state index is 12.2. The van der Waals surface area contributed by atoms with Crippen molar-refractivity contribution in [1.82, 2.24) is 20.4 Å². The fraction of sp³-hybridized carbons (Fsp3) is 0.474. The van der Waals surface area contributed by atoms with E-state index in [2.05, 4.69) is 21.8 Å². The Labute approximate surface area is 148 Å². The van der Waals surface area contributed by atoms with Crippen LogP contribution in [-0.4, -0.2) is 41.9 Å². The van der Waals surface area contributed by atoms with Crippen LogP contribution in [0.25, 0.3) is 0 Å². The fourth-order valence-electron chi connectivity index (χ4n) is 3.16. The molecule has 1 fully saturated rings. The minimum absolute atomic E-state index is 0.161. The lowest BCUT2D eigenvalue weighted by Crippen LogP contribution is -2.32. The summed E-state index contributed by atoms with van der Waals surface area (Å²) in [6.45, 7) is 6.93. The van der Waals surface area contributed by atoms with Gasteiger partial charge in [0.1, 0.15) is 18.1 Å². The first-order valence-electron chi connectivity index (χ1n) is 8.87. The molecule has 0 spiro atoms. The number of amides is 1.